The molecule has 120 valence electrons. The van der Waals surface area contributed by atoms with Gasteiger partial charge in [0.2, 0.25) is 11.8 Å². The zero-order valence-corrected chi connectivity index (χ0v) is 13.6. The van der Waals surface area contributed by atoms with Gasteiger partial charge in [-0.2, -0.15) is 0 Å². The zero-order valence-electron chi connectivity index (χ0n) is 12.8. The molecule has 2 atom stereocenters. The van der Waals surface area contributed by atoms with E-state index in [1.54, 1.807) is 4.90 Å². The summed E-state index contributed by atoms with van der Waals surface area (Å²) in [6.45, 7) is 5.73. The van der Waals surface area contributed by atoms with E-state index < -0.39 is 18.1 Å². The number of carbonyl (C=O) groups is 3. The molecule has 1 heterocycles. The number of carboxylic acid groups (broad SMARTS) is 1. The molecule has 7 heteroatoms. The van der Waals surface area contributed by atoms with Gasteiger partial charge in [0.15, 0.2) is 0 Å². The monoisotopic (exact) mass is 316 g/mol. The molecule has 0 aromatic rings. The highest BCUT2D eigenvalue weighted by atomic mass is 32.2. The van der Waals surface area contributed by atoms with Crippen molar-refractivity contribution in [3.63, 3.8) is 0 Å². The van der Waals surface area contributed by atoms with Crippen LogP contribution in [0.3, 0.4) is 0 Å². The molecule has 1 unspecified atom stereocenters. The van der Waals surface area contributed by atoms with E-state index >= 15 is 0 Å². The third-order valence-electron chi connectivity index (χ3n) is 3.29. The standard InChI is InChI=1S/C14H24N2O4S/c1-4-5-12(17)16-8-21-7-11(16)13(18)15-10(14(19)20)6-9(2)3/h9-11H,4-8H2,1-3H3,(H,15,18)(H,19,20)/t10-,11?/m1/s1. The highest BCUT2D eigenvalue weighted by molar-refractivity contribution is 7.99. The van der Waals surface area contributed by atoms with E-state index in [-0.39, 0.29) is 17.7 Å². The molecule has 1 aliphatic rings. The minimum atomic E-state index is -1.03. The van der Waals surface area contributed by atoms with Crippen molar-refractivity contribution < 1.29 is 19.5 Å². The molecule has 0 saturated carbocycles. The molecule has 0 aromatic carbocycles. The minimum absolute atomic E-state index is 0.0432. The van der Waals surface area contributed by atoms with Crippen molar-refractivity contribution in [1.82, 2.24) is 10.2 Å². The van der Waals surface area contributed by atoms with Gasteiger partial charge in [0.25, 0.3) is 0 Å². The van der Waals surface area contributed by atoms with Crippen LogP contribution >= 0.6 is 11.8 Å². The fourth-order valence-corrected chi connectivity index (χ4v) is 3.40. The number of amides is 2. The van der Waals surface area contributed by atoms with Gasteiger partial charge in [0.05, 0.1) is 5.88 Å². The van der Waals surface area contributed by atoms with E-state index in [4.69, 9.17) is 0 Å². The molecular formula is C14H24N2O4S. The van der Waals surface area contributed by atoms with Crippen LogP contribution < -0.4 is 5.32 Å². The third-order valence-corrected chi connectivity index (χ3v) is 4.30. The molecule has 0 spiro atoms. The summed E-state index contributed by atoms with van der Waals surface area (Å²) >= 11 is 1.52. The van der Waals surface area contributed by atoms with Crippen molar-refractivity contribution in [2.24, 2.45) is 5.92 Å². The number of hydrogen-bond acceptors (Lipinski definition) is 4. The molecule has 21 heavy (non-hydrogen) atoms. The largest absolute Gasteiger partial charge is 0.480 e. The Hall–Kier alpha value is -1.24. The van der Waals surface area contributed by atoms with Crippen molar-refractivity contribution in [2.45, 2.75) is 52.1 Å². The Morgan fingerprint density at radius 3 is 2.57 bits per heavy atom. The Morgan fingerprint density at radius 1 is 1.38 bits per heavy atom. The molecule has 0 bridgehead atoms. The first kappa shape index (κ1) is 17.8. The number of aliphatic carboxylic acids is 1. The highest BCUT2D eigenvalue weighted by Gasteiger charge is 2.35. The van der Waals surface area contributed by atoms with Crippen molar-refractivity contribution in [2.75, 3.05) is 11.6 Å². The van der Waals surface area contributed by atoms with Crippen molar-refractivity contribution in [1.29, 1.82) is 0 Å². The predicted octanol–water partition coefficient (Wildman–Crippen LogP) is 1.30. The maximum atomic E-state index is 12.3. The molecule has 0 aliphatic carbocycles. The zero-order chi connectivity index (χ0) is 16.0. The van der Waals surface area contributed by atoms with Crippen molar-refractivity contribution in [3.8, 4) is 0 Å². The SMILES string of the molecule is CCCC(=O)N1CSCC1C(=O)N[C@H](CC(C)C)C(=O)O. The predicted molar refractivity (Wildman–Crippen MR) is 81.9 cm³/mol. The first-order valence-electron chi connectivity index (χ1n) is 7.27. The van der Waals surface area contributed by atoms with Gasteiger partial charge < -0.3 is 15.3 Å². The summed E-state index contributed by atoms with van der Waals surface area (Å²) in [4.78, 5) is 37.0. The summed E-state index contributed by atoms with van der Waals surface area (Å²) in [5.74, 6) is -0.249. The van der Waals surface area contributed by atoms with Crippen molar-refractivity contribution in [3.05, 3.63) is 0 Å². The average molecular weight is 316 g/mol. The first-order chi connectivity index (χ1) is 9.86. The number of nitrogens with one attached hydrogen (secondary N) is 1. The number of rotatable bonds is 7. The Kier molecular flexibility index (Phi) is 7.01. The summed E-state index contributed by atoms with van der Waals surface area (Å²) in [6.07, 6.45) is 1.53. The van der Waals surface area contributed by atoms with Crippen LogP contribution in [0.25, 0.3) is 0 Å². The summed E-state index contributed by atoms with van der Waals surface area (Å²) < 4.78 is 0. The molecule has 0 radical (unpaired) electrons. The summed E-state index contributed by atoms with van der Waals surface area (Å²) in [5, 5.41) is 11.7. The molecule has 1 rings (SSSR count). The Balaban J connectivity index is 2.67. The van der Waals surface area contributed by atoms with Gasteiger partial charge >= 0.3 is 5.97 Å². The fraction of sp³-hybridized carbons (Fsp3) is 0.786. The molecule has 1 saturated heterocycles. The normalized spacial score (nSPS) is 19.6. The van der Waals surface area contributed by atoms with Crippen LogP contribution in [0, 0.1) is 5.92 Å². The van der Waals surface area contributed by atoms with Crippen LogP contribution in [0.2, 0.25) is 0 Å². The highest BCUT2D eigenvalue weighted by Crippen LogP contribution is 2.22. The van der Waals surface area contributed by atoms with Crippen LogP contribution in [-0.4, -0.2) is 51.5 Å². The number of carboxylic acids is 1. The number of nitrogens with zero attached hydrogens (tertiary/aromatic N) is 1. The Labute approximate surface area is 129 Å². The molecule has 1 aliphatic heterocycles. The Bertz CT molecular complexity index is 400. The van der Waals surface area contributed by atoms with Gasteiger partial charge in [-0.1, -0.05) is 20.8 Å². The average Bonchev–Trinajstić information content (AvgIpc) is 2.86. The number of thioether (sulfide) groups is 1. The third kappa shape index (κ3) is 5.22. The lowest BCUT2D eigenvalue weighted by Gasteiger charge is -2.25. The van der Waals surface area contributed by atoms with Gasteiger partial charge in [-0.05, 0) is 18.8 Å². The van der Waals surface area contributed by atoms with E-state index in [1.165, 1.54) is 11.8 Å². The van der Waals surface area contributed by atoms with E-state index in [1.807, 2.05) is 20.8 Å². The second kappa shape index (κ2) is 8.26. The summed E-state index contributed by atoms with van der Waals surface area (Å²) in [6, 6.07) is -1.45. The molecule has 2 amide bonds. The van der Waals surface area contributed by atoms with Gasteiger partial charge in [-0.25, -0.2) is 4.79 Å². The topological polar surface area (TPSA) is 86.7 Å². The van der Waals surface area contributed by atoms with Gasteiger partial charge in [0.1, 0.15) is 12.1 Å². The summed E-state index contributed by atoms with van der Waals surface area (Å²) in [7, 11) is 0. The van der Waals surface area contributed by atoms with E-state index in [0.29, 0.717) is 24.5 Å². The van der Waals surface area contributed by atoms with Gasteiger partial charge in [-0.3, -0.25) is 9.59 Å². The molecular weight excluding hydrogens is 292 g/mol. The van der Waals surface area contributed by atoms with E-state index in [2.05, 4.69) is 5.32 Å². The maximum absolute atomic E-state index is 12.3. The quantitative estimate of drug-likeness (QED) is 0.739. The lowest BCUT2D eigenvalue weighted by molar-refractivity contribution is -0.144. The van der Waals surface area contributed by atoms with Crippen molar-refractivity contribution >= 4 is 29.5 Å². The second-order valence-electron chi connectivity index (χ2n) is 5.66. The lowest BCUT2D eigenvalue weighted by atomic mass is 10.0. The molecule has 0 aromatic heterocycles. The minimum Gasteiger partial charge on any atom is -0.480 e. The smallest absolute Gasteiger partial charge is 0.326 e. The van der Waals surface area contributed by atoms with Crippen LogP contribution in [0.1, 0.15) is 40.0 Å². The van der Waals surface area contributed by atoms with Gasteiger partial charge in [-0.15, -0.1) is 11.8 Å². The van der Waals surface area contributed by atoms with Crippen LogP contribution in [0.4, 0.5) is 0 Å². The fourth-order valence-electron chi connectivity index (χ4n) is 2.22. The first-order valence-corrected chi connectivity index (χ1v) is 8.42. The van der Waals surface area contributed by atoms with E-state index in [9.17, 15) is 19.5 Å². The molecule has 1 fully saturated rings. The summed E-state index contributed by atoms with van der Waals surface area (Å²) in [5.41, 5.74) is 0. The van der Waals surface area contributed by atoms with Crippen LogP contribution in [0.5, 0.6) is 0 Å². The molecule has 2 N–H and O–H groups in total. The Morgan fingerprint density at radius 2 is 2.05 bits per heavy atom. The maximum Gasteiger partial charge on any atom is 0.326 e. The van der Waals surface area contributed by atoms with E-state index in [0.717, 1.165) is 6.42 Å². The number of hydrogen-bond donors (Lipinski definition) is 2. The van der Waals surface area contributed by atoms with Gasteiger partial charge in [0, 0.05) is 12.2 Å². The number of carbonyl (C=O) groups excluding carboxylic acids is 2. The van der Waals surface area contributed by atoms with Crippen LogP contribution in [-0.2, 0) is 14.4 Å². The second-order valence-corrected chi connectivity index (χ2v) is 6.66. The van der Waals surface area contributed by atoms with Crippen LogP contribution in [0.15, 0.2) is 0 Å². The lowest BCUT2D eigenvalue weighted by Crippen LogP contribution is -2.52. The molecule has 6 nitrogen and oxygen atoms in total.